The first-order valence-corrected chi connectivity index (χ1v) is 5.66. The highest BCUT2D eigenvalue weighted by molar-refractivity contribution is 6.33. The predicted octanol–water partition coefficient (Wildman–Crippen LogP) is -4.26. The Hall–Kier alpha value is -1.63. The van der Waals surface area contributed by atoms with E-state index < -0.39 is 55.0 Å². The Kier molecular flexibility index (Phi) is 5.71. The Bertz CT molecular complexity index is 408. The van der Waals surface area contributed by atoms with E-state index in [4.69, 9.17) is 9.84 Å². The second-order valence-electron chi connectivity index (χ2n) is 4.27. The molecule has 0 bridgehead atoms. The van der Waals surface area contributed by atoms with Crippen molar-refractivity contribution in [3.8, 4) is 0 Å². The monoisotopic (exact) mass is 310 g/mol. The van der Waals surface area contributed by atoms with Crippen LogP contribution >= 0.6 is 0 Å². The maximum atomic E-state index is 11.4. The smallest absolute Gasteiger partial charge is 0.394 e. The number of carbonyl (C=O) groups excluding carboxylic acids is 3. The van der Waals surface area contributed by atoms with E-state index in [9.17, 15) is 34.8 Å². The summed E-state index contributed by atoms with van der Waals surface area (Å²) in [5.41, 5.74) is 0. The Morgan fingerprint density at radius 3 is 2.38 bits per heavy atom. The molecule has 0 aliphatic carbocycles. The van der Waals surface area contributed by atoms with E-state index in [0.29, 0.717) is 0 Å². The van der Waals surface area contributed by atoms with E-state index in [1.54, 1.807) is 0 Å². The third-order valence-corrected chi connectivity index (χ3v) is 2.86. The molecule has 0 radical (unpaired) electrons. The van der Waals surface area contributed by atoms with Crippen LogP contribution in [-0.2, 0) is 28.9 Å². The fraction of sp³-hybridized carbons (Fsp3) is 0.700. The molecule has 21 heavy (non-hydrogen) atoms. The van der Waals surface area contributed by atoms with Gasteiger partial charge in [-0.2, -0.15) is 0 Å². The van der Waals surface area contributed by atoms with Gasteiger partial charge in [-0.05, 0) is 0 Å². The largest absolute Gasteiger partial charge is 0.421 e. The van der Waals surface area contributed by atoms with Crippen LogP contribution in [0.1, 0.15) is 6.42 Å². The fourth-order valence-corrected chi connectivity index (χ4v) is 1.78. The fourth-order valence-electron chi connectivity index (χ4n) is 1.78. The number of rotatable bonds is 6. The number of ether oxygens (including phenoxy) is 1. The first-order chi connectivity index (χ1) is 9.76. The molecule has 0 aromatic heterocycles. The van der Waals surface area contributed by atoms with Crippen LogP contribution < -0.4 is 0 Å². The molecule has 0 saturated carbocycles. The first kappa shape index (κ1) is 17.4. The van der Waals surface area contributed by atoms with Crippen molar-refractivity contribution in [2.75, 3.05) is 6.61 Å². The Labute approximate surface area is 117 Å². The average Bonchev–Trinajstić information content (AvgIpc) is 2.46. The summed E-state index contributed by atoms with van der Waals surface area (Å²) in [7, 11) is 0. The summed E-state index contributed by atoms with van der Waals surface area (Å²) < 4.78 is 4.75. The number of ketones is 1. The number of aliphatic hydroxyl groups is 5. The molecule has 11 heteroatoms. The van der Waals surface area contributed by atoms with E-state index in [-0.39, 0.29) is 6.47 Å². The van der Waals surface area contributed by atoms with Crippen molar-refractivity contribution in [3.05, 3.63) is 0 Å². The number of Topliss-reactive ketones (excluding diaryl/α,β-unsaturated/α-hetero) is 1. The Balaban J connectivity index is 2.81. The second-order valence-corrected chi connectivity index (χ2v) is 4.27. The summed E-state index contributed by atoms with van der Waals surface area (Å²) in [6, 6.07) is 0. The molecule has 11 nitrogen and oxygen atoms in total. The third-order valence-electron chi connectivity index (χ3n) is 2.86. The molecule has 0 amide bonds. The zero-order valence-corrected chi connectivity index (χ0v) is 10.5. The highest BCUT2D eigenvalue weighted by Gasteiger charge is 2.54. The number of aliphatic hydroxyl groups excluding tert-OH is 4. The number of carbonyl (C=O) groups is 3. The molecule has 0 spiro atoms. The van der Waals surface area contributed by atoms with Gasteiger partial charge in [0.1, 0.15) is 24.4 Å². The van der Waals surface area contributed by atoms with Crippen molar-refractivity contribution >= 4 is 18.2 Å². The lowest BCUT2D eigenvalue weighted by Gasteiger charge is -2.44. The molecule has 120 valence electrons. The molecule has 1 aliphatic heterocycles. The molecule has 1 aliphatic rings. The van der Waals surface area contributed by atoms with E-state index in [1.165, 1.54) is 0 Å². The van der Waals surface area contributed by atoms with Crippen LogP contribution in [0.2, 0.25) is 0 Å². The van der Waals surface area contributed by atoms with Crippen LogP contribution in [0.25, 0.3) is 0 Å². The predicted molar refractivity (Wildman–Crippen MR) is 57.8 cm³/mol. The standard InChI is InChI=1S/C10H14O11/c11-2-5-6(14)7(15)8(16)10(18,20-5)1-4(13)9(17)21-19-3-12/h3,5-8,11,14-16,18H,1-2H2/t5-,6-,7+,8-,10?/m1/s1. The van der Waals surface area contributed by atoms with Crippen molar-refractivity contribution in [3.63, 3.8) is 0 Å². The van der Waals surface area contributed by atoms with Gasteiger partial charge in [0.15, 0.2) is 0 Å². The van der Waals surface area contributed by atoms with E-state index >= 15 is 0 Å². The summed E-state index contributed by atoms with van der Waals surface area (Å²) in [4.78, 5) is 39.6. The van der Waals surface area contributed by atoms with Gasteiger partial charge in [-0.3, -0.25) is 14.5 Å². The Morgan fingerprint density at radius 1 is 1.24 bits per heavy atom. The molecule has 5 atom stereocenters. The Morgan fingerprint density at radius 2 is 1.86 bits per heavy atom. The summed E-state index contributed by atoms with van der Waals surface area (Å²) in [5.74, 6) is -5.85. The average molecular weight is 310 g/mol. The summed E-state index contributed by atoms with van der Waals surface area (Å²) in [5, 5.41) is 47.5. The molecule has 1 heterocycles. The lowest BCUT2D eigenvalue weighted by Crippen LogP contribution is -2.65. The van der Waals surface area contributed by atoms with Crippen molar-refractivity contribution in [1.82, 2.24) is 0 Å². The molecule has 5 N–H and O–H groups in total. The highest BCUT2D eigenvalue weighted by atomic mass is 17.2. The van der Waals surface area contributed by atoms with Gasteiger partial charge in [-0.15, -0.1) is 0 Å². The van der Waals surface area contributed by atoms with Crippen LogP contribution in [0.15, 0.2) is 0 Å². The summed E-state index contributed by atoms with van der Waals surface area (Å²) in [6.07, 6.45) is -8.46. The van der Waals surface area contributed by atoms with Gasteiger partial charge in [0, 0.05) is 0 Å². The van der Waals surface area contributed by atoms with E-state index in [2.05, 4.69) is 9.78 Å². The quantitative estimate of drug-likeness (QED) is 0.139. The maximum Gasteiger partial charge on any atom is 0.421 e. The minimum absolute atomic E-state index is 0.270. The van der Waals surface area contributed by atoms with Crippen LogP contribution in [0, 0.1) is 0 Å². The number of hydrogen-bond acceptors (Lipinski definition) is 11. The van der Waals surface area contributed by atoms with Crippen LogP contribution in [0.3, 0.4) is 0 Å². The van der Waals surface area contributed by atoms with Crippen LogP contribution in [0.4, 0.5) is 0 Å². The second kappa shape index (κ2) is 6.89. The normalized spacial score (nSPS) is 35.9. The SMILES string of the molecule is O=COOC(=O)C(=O)CC1(O)O[C@H](CO)[C@@H](O)[C@H](O)[C@H]1O. The molecule has 1 rings (SSSR count). The van der Waals surface area contributed by atoms with Gasteiger partial charge >= 0.3 is 12.4 Å². The molecule has 0 aromatic carbocycles. The lowest BCUT2D eigenvalue weighted by molar-refractivity contribution is -0.348. The lowest BCUT2D eigenvalue weighted by atomic mass is 9.89. The van der Waals surface area contributed by atoms with E-state index in [1.807, 2.05) is 0 Å². The third kappa shape index (κ3) is 3.72. The van der Waals surface area contributed by atoms with Gasteiger partial charge < -0.3 is 30.3 Å². The van der Waals surface area contributed by atoms with Gasteiger partial charge in [0.05, 0.1) is 13.0 Å². The van der Waals surface area contributed by atoms with Gasteiger partial charge in [0.25, 0.3) is 0 Å². The summed E-state index contributed by atoms with van der Waals surface area (Å²) >= 11 is 0. The van der Waals surface area contributed by atoms with Crippen molar-refractivity contribution < 1.29 is 54.4 Å². The number of hydrogen-bond donors (Lipinski definition) is 5. The van der Waals surface area contributed by atoms with Crippen LogP contribution in [-0.4, -0.2) is 80.6 Å². The van der Waals surface area contributed by atoms with Gasteiger partial charge in [0.2, 0.25) is 11.6 Å². The molecule has 0 aromatic rings. The molecule has 1 unspecified atom stereocenters. The first-order valence-electron chi connectivity index (χ1n) is 5.66. The van der Waals surface area contributed by atoms with Crippen molar-refractivity contribution in [2.45, 2.75) is 36.6 Å². The van der Waals surface area contributed by atoms with E-state index in [0.717, 1.165) is 0 Å². The molecular formula is C10H14O11. The van der Waals surface area contributed by atoms with Crippen molar-refractivity contribution in [1.29, 1.82) is 0 Å². The zero-order valence-electron chi connectivity index (χ0n) is 10.5. The zero-order chi connectivity index (χ0) is 16.2. The minimum atomic E-state index is -2.75. The molecule has 1 fully saturated rings. The van der Waals surface area contributed by atoms with Crippen LogP contribution in [0.5, 0.6) is 0 Å². The molecular weight excluding hydrogens is 296 g/mol. The maximum absolute atomic E-state index is 11.4. The summed E-state index contributed by atoms with van der Waals surface area (Å²) in [6.45, 7) is -1.10. The molecule has 1 saturated heterocycles. The minimum Gasteiger partial charge on any atom is -0.394 e. The van der Waals surface area contributed by atoms with Gasteiger partial charge in [-0.25, -0.2) is 9.68 Å². The van der Waals surface area contributed by atoms with Gasteiger partial charge in [-0.1, -0.05) is 0 Å². The highest BCUT2D eigenvalue weighted by Crippen LogP contribution is 2.31. The van der Waals surface area contributed by atoms with Crippen molar-refractivity contribution in [2.24, 2.45) is 0 Å². The topological polar surface area (TPSA) is 180 Å².